The number of likely N-dealkylation sites (N-methyl/N-ethyl adjacent to an activating group) is 1. The van der Waals surface area contributed by atoms with Crippen molar-refractivity contribution in [1.29, 1.82) is 0 Å². The second kappa shape index (κ2) is 4.50. The Hall–Kier alpha value is -0.970. The van der Waals surface area contributed by atoms with E-state index < -0.39 is 6.10 Å². The highest BCUT2D eigenvalue weighted by atomic mass is 35.5. The highest BCUT2D eigenvalue weighted by Crippen LogP contribution is 2.33. The summed E-state index contributed by atoms with van der Waals surface area (Å²) >= 11 is 5.79. The lowest BCUT2D eigenvalue weighted by Crippen LogP contribution is -2.80. The third-order valence-electron chi connectivity index (χ3n) is 1.91. The van der Waals surface area contributed by atoms with Crippen LogP contribution in [0.1, 0.15) is 11.7 Å². The molecule has 0 aliphatic carbocycles. The third-order valence-corrected chi connectivity index (χ3v) is 2.24. The molecular formula is C9H13ClNO3+. The Balaban J connectivity index is 3.02. The predicted octanol–water partition coefficient (Wildman–Crippen LogP) is -0.0222. The van der Waals surface area contributed by atoms with Gasteiger partial charge in [0, 0.05) is 11.6 Å². The number of rotatable bonds is 3. The molecule has 0 aliphatic rings. The zero-order chi connectivity index (χ0) is 10.7. The van der Waals surface area contributed by atoms with Gasteiger partial charge in [-0.25, -0.2) is 0 Å². The van der Waals surface area contributed by atoms with E-state index in [1.807, 2.05) is 7.05 Å². The minimum atomic E-state index is -0.751. The second-order valence-corrected chi connectivity index (χ2v) is 3.43. The molecule has 0 saturated heterocycles. The smallest absolute Gasteiger partial charge is 0.158 e. The van der Waals surface area contributed by atoms with Gasteiger partial charge in [0.1, 0.15) is 12.6 Å². The van der Waals surface area contributed by atoms with Crippen molar-refractivity contribution in [3.8, 4) is 11.5 Å². The SMILES string of the molecule is C[NH2+]CC(O)c1cc(O)c(O)cc1Cl. The molecule has 0 amide bonds. The zero-order valence-electron chi connectivity index (χ0n) is 7.74. The second-order valence-electron chi connectivity index (χ2n) is 3.02. The average molecular weight is 219 g/mol. The van der Waals surface area contributed by atoms with Gasteiger partial charge in [0.05, 0.1) is 12.1 Å². The first-order valence-corrected chi connectivity index (χ1v) is 4.61. The molecule has 0 bridgehead atoms. The van der Waals surface area contributed by atoms with Crippen LogP contribution in [0.15, 0.2) is 12.1 Å². The van der Waals surface area contributed by atoms with Crippen molar-refractivity contribution in [1.82, 2.24) is 0 Å². The Morgan fingerprint density at radius 1 is 1.36 bits per heavy atom. The van der Waals surface area contributed by atoms with Gasteiger partial charge in [-0.05, 0) is 6.07 Å². The van der Waals surface area contributed by atoms with Crippen molar-refractivity contribution >= 4 is 11.6 Å². The minimum absolute atomic E-state index is 0.245. The Morgan fingerprint density at radius 2 is 1.93 bits per heavy atom. The van der Waals surface area contributed by atoms with Crippen LogP contribution < -0.4 is 5.32 Å². The quantitative estimate of drug-likeness (QED) is 0.539. The third kappa shape index (κ3) is 2.29. The lowest BCUT2D eigenvalue weighted by atomic mass is 10.1. The molecule has 0 aromatic heterocycles. The normalized spacial score (nSPS) is 12.8. The van der Waals surface area contributed by atoms with Crippen LogP contribution in [-0.2, 0) is 0 Å². The van der Waals surface area contributed by atoms with Crippen molar-refractivity contribution in [2.24, 2.45) is 0 Å². The van der Waals surface area contributed by atoms with E-state index in [1.165, 1.54) is 12.1 Å². The lowest BCUT2D eigenvalue weighted by molar-refractivity contribution is -0.634. The van der Waals surface area contributed by atoms with Crippen LogP contribution in [0.5, 0.6) is 11.5 Å². The monoisotopic (exact) mass is 218 g/mol. The number of phenolic OH excluding ortho intramolecular Hbond substituents is 2. The molecule has 0 radical (unpaired) electrons. The average Bonchev–Trinajstić information content (AvgIpc) is 2.11. The summed E-state index contributed by atoms with van der Waals surface area (Å²) < 4.78 is 0. The highest BCUT2D eigenvalue weighted by molar-refractivity contribution is 6.31. The summed E-state index contributed by atoms with van der Waals surface area (Å²) in [6.07, 6.45) is -0.751. The molecule has 1 atom stereocenters. The van der Waals surface area contributed by atoms with Gasteiger partial charge >= 0.3 is 0 Å². The highest BCUT2D eigenvalue weighted by Gasteiger charge is 2.15. The Labute approximate surface area is 86.8 Å². The molecule has 1 unspecified atom stereocenters. The Bertz CT molecular complexity index is 330. The maximum absolute atomic E-state index is 9.61. The number of aliphatic hydroxyl groups is 1. The summed E-state index contributed by atoms with van der Waals surface area (Å²) in [5.74, 6) is -0.564. The summed E-state index contributed by atoms with van der Waals surface area (Å²) in [7, 11) is 1.82. The van der Waals surface area contributed by atoms with Gasteiger partial charge in [0.15, 0.2) is 11.5 Å². The number of benzene rings is 1. The number of hydrogen-bond acceptors (Lipinski definition) is 3. The summed E-state index contributed by atoms with van der Waals surface area (Å²) in [5.41, 5.74) is 0.417. The molecule has 0 spiro atoms. The van der Waals surface area contributed by atoms with Crippen LogP contribution in [0, 0.1) is 0 Å². The zero-order valence-corrected chi connectivity index (χ0v) is 8.49. The number of aliphatic hydroxyl groups excluding tert-OH is 1. The fourth-order valence-corrected chi connectivity index (χ4v) is 1.46. The van der Waals surface area contributed by atoms with Crippen molar-refractivity contribution in [3.05, 3.63) is 22.7 Å². The van der Waals surface area contributed by atoms with Crippen LogP contribution in [0.3, 0.4) is 0 Å². The number of nitrogens with two attached hydrogens (primary N) is 1. The summed E-state index contributed by atoms with van der Waals surface area (Å²) in [4.78, 5) is 0. The molecule has 0 saturated carbocycles. The maximum Gasteiger partial charge on any atom is 0.158 e. The predicted molar refractivity (Wildman–Crippen MR) is 52.5 cm³/mol. The first-order valence-electron chi connectivity index (χ1n) is 4.23. The molecular weight excluding hydrogens is 206 g/mol. The number of aromatic hydroxyl groups is 2. The molecule has 0 fully saturated rings. The molecule has 14 heavy (non-hydrogen) atoms. The molecule has 5 N–H and O–H groups in total. The van der Waals surface area contributed by atoms with E-state index in [1.54, 1.807) is 5.32 Å². The van der Waals surface area contributed by atoms with E-state index in [0.717, 1.165) is 0 Å². The van der Waals surface area contributed by atoms with Gasteiger partial charge in [-0.15, -0.1) is 0 Å². The maximum atomic E-state index is 9.61. The van der Waals surface area contributed by atoms with Crippen LogP contribution in [0.2, 0.25) is 5.02 Å². The van der Waals surface area contributed by atoms with Crippen LogP contribution in [0.25, 0.3) is 0 Å². The Morgan fingerprint density at radius 3 is 2.50 bits per heavy atom. The minimum Gasteiger partial charge on any atom is -0.504 e. The molecule has 0 heterocycles. The van der Waals surface area contributed by atoms with Crippen molar-refractivity contribution in [2.45, 2.75) is 6.10 Å². The fraction of sp³-hybridized carbons (Fsp3) is 0.333. The van der Waals surface area contributed by atoms with Gasteiger partial charge in [0.2, 0.25) is 0 Å². The van der Waals surface area contributed by atoms with E-state index in [-0.39, 0.29) is 16.5 Å². The number of quaternary nitrogens is 1. The van der Waals surface area contributed by atoms with E-state index >= 15 is 0 Å². The van der Waals surface area contributed by atoms with Gasteiger partial charge in [-0.3, -0.25) is 0 Å². The van der Waals surface area contributed by atoms with Gasteiger partial charge in [-0.2, -0.15) is 0 Å². The first kappa shape index (κ1) is 11.1. The standard InChI is InChI=1S/C9H12ClNO3/c1-11-4-9(14)5-2-7(12)8(13)3-6(5)10/h2-3,9,11-14H,4H2,1H3/p+1. The summed E-state index contributed by atoms with van der Waals surface area (Å²) in [5, 5.41) is 30.0. The van der Waals surface area contributed by atoms with E-state index in [0.29, 0.717) is 12.1 Å². The van der Waals surface area contributed by atoms with E-state index in [4.69, 9.17) is 16.7 Å². The number of halogens is 1. The molecule has 78 valence electrons. The molecule has 5 heteroatoms. The fourth-order valence-electron chi connectivity index (χ4n) is 1.17. The van der Waals surface area contributed by atoms with Gasteiger partial charge in [0.25, 0.3) is 0 Å². The Kier molecular flexibility index (Phi) is 3.57. The van der Waals surface area contributed by atoms with E-state index in [9.17, 15) is 10.2 Å². The van der Waals surface area contributed by atoms with Crippen molar-refractivity contribution < 1.29 is 20.6 Å². The largest absolute Gasteiger partial charge is 0.504 e. The summed E-state index contributed by atoms with van der Waals surface area (Å²) in [6, 6.07) is 2.48. The van der Waals surface area contributed by atoms with Crippen LogP contribution in [0.4, 0.5) is 0 Å². The molecule has 0 aliphatic heterocycles. The van der Waals surface area contributed by atoms with E-state index in [2.05, 4.69) is 0 Å². The summed E-state index contributed by atoms with van der Waals surface area (Å²) in [6.45, 7) is 0.448. The van der Waals surface area contributed by atoms with Gasteiger partial charge < -0.3 is 20.6 Å². The van der Waals surface area contributed by atoms with Gasteiger partial charge in [-0.1, -0.05) is 11.6 Å². The van der Waals surface area contributed by atoms with Crippen molar-refractivity contribution in [3.63, 3.8) is 0 Å². The molecule has 4 nitrogen and oxygen atoms in total. The number of phenols is 2. The van der Waals surface area contributed by atoms with Crippen molar-refractivity contribution in [2.75, 3.05) is 13.6 Å². The molecule has 1 aromatic carbocycles. The van der Waals surface area contributed by atoms with Crippen LogP contribution in [-0.4, -0.2) is 28.9 Å². The number of hydrogen-bond donors (Lipinski definition) is 4. The molecule has 1 aromatic rings. The molecule has 1 rings (SSSR count). The topological polar surface area (TPSA) is 77.3 Å². The van der Waals surface area contributed by atoms with Crippen LogP contribution >= 0.6 is 11.6 Å². The lowest BCUT2D eigenvalue weighted by Gasteiger charge is -2.11. The first-order chi connectivity index (χ1) is 6.56.